The average Bonchev–Trinajstić information content (AvgIpc) is 2.77. The summed E-state index contributed by atoms with van der Waals surface area (Å²) in [7, 11) is 4.08. The van der Waals surface area contributed by atoms with Gasteiger partial charge < -0.3 is 15.5 Å². The number of nitrogens with zero attached hydrogens (tertiary/aromatic N) is 1. The number of amides is 1. The molecule has 1 aliphatic rings. The van der Waals surface area contributed by atoms with Gasteiger partial charge in [0.15, 0.2) is 0 Å². The highest BCUT2D eigenvalue weighted by Gasteiger charge is 2.36. The molecule has 1 aromatic carbocycles. The predicted octanol–water partition coefficient (Wildman–Crippen LogP) is 2.53. The zero-order valence-corrected chi connectivity index (χ0v) is 14.4. The van der Waals surface area contributed by atoms with Gasteiger partial charge in [-0.2, -0.15) is 0 Å². The third-order valence-electron chi connectivity index (χ3n) is 3.60. The summed E-state index contributed by atoms with van der Waals surface area (Å²) in [6.07, 6.45) is 0.899. The third kappa shape index (κ3) is 5.47. The van der Waals surface area contributed by atoms with Crippen LogP contribution in [0.2, 0.25) is 0 Å². The number of carbonyl (C=O) groups is 1. The molecule has 2 N–H and O–H groups in total. The Labute approximate surface area is 139 Å². The molecule has 6 heteroatoms. The van der Waals surface area contributed by atoms with Gasteiger partial charge in [-0.05, 0) is 51.7 Å². The molecule has 0 radical (unpaired) electrons. The maximum Gasteiger partial charge on any atom is 0.231 e. The van der Waals surface area contributed by atoms with Crippen molar-refractivity contribution in [2.75, 3.05) is 32.5 Å². The van der Waals surface area contributed by atoms with Gasteiger partial charge in [0.25, 0.3) is 0 Å². The first-order chi connectivity index (χ1) is 8.99. The minimum absolute atomic E-state index is 0. The van der Waals surface area contributed by atoms with Gasteiger partial charge in [-0.25, -0.2) is 0 Å². The van der Waals surface area contributed by atoms with Gasteiger partial charge in [0.2, 0.25) is 5.91 Å². The van der Waals surface area contributed by atoms with Crippen molar-refractivity contribution >= 4 is 36.4 Å². The largest absolute Gasteiger partial charge is 0.326 e. The van der Waals surface area contributed by atoms with Gasteiger partial charge >= 0.3 is 0 Å². The molecule has 2 rings (SSSR count). The zero-order valence-electron chi connectivity index (χ0n) is 12.8. The van der Waals surface area contributed by atoms with Crippen molar-refractivity contribution in [2.45, 2.75) is 19.9 Å². The van der Waals surface area contributed by atoms with E-state index < -0.39 is 0 Å². The molecule has 0 bridgehead atoms. The molecule has 4 nitrogen and oxygen atoms in total. The minimum atomic E-state index is -0.280. The SMILES string of the molecule is CN(C)Cc1cccc(NC(=O)C2(C)CCNC2)c1.Cl.Cl. The second-order valence-electron chi connectivity index (χ2n) is 5.88. The average molecular weight is 334 g/mol. The molecule has 1 amide bonds. The highest BCUT2D eigenvalue weighted by atomic mass is 35.5. The fraction of sp³-hybridized carbons (Fsp3) is 0.533. The van der Waals surface area contributed by atoms with E-state index in [-0.39, 0.29) is 36.1 Å². The summed E-state index contributed by atoms with van der Waals surface area (Å²) in [5, 5.41) is 6.29. The number of halogens is 2. The van der Waals surface area contributed by atoms with E-state index >= 15 is 0 Å². The number of hydrogen-bond donors (Lipinski definition) is 2. The number of hydrogen-bond acceptors (Lipinski definition) is 3. The fourth-order valence-corrected chi connectivity index (χ4v) is 2.41. The Kier molecular flexibility index (Phi) is 8.26. The van der Waals surface area contributed by atoms with Crippen LogP contribution >= 0.6 is 24.8 Å². The van der Waals surface area contributed by atoms with Gasteiger partial charge in [-0.3, -0.25) is 4.79 Å². The summed E-state index contributed by atoms with van der Waals surface area (Å²) in [4.78, 5) is 14.4. The molecule has 0 spiro atoms. The summed E-state index contributed by atoms with van der Waals surface area (Å²) in [5.41, 5.74) is 1.81. The van der Waals surface area contributed by atoms with Crippen molar-refractivity contribution < 1.29 is 4.79 Å². The van der Waals surface area contributed by atoms with Gasteiger partial charge in [-0.1, -0.05) is 12.1 Å². The molecule has 0 aliphatic carbocycles. The second kappa shape index (κ2) is 8.59. The van der Waals surface area contributed by atoms with E-state index in [0.29, 0.717) is 0 Å². The lowest BCUT2D eigenvalue weighted by molar-refractivity contribution is -0.123. The van der Waals surface area contributed by atoms with E-state index in [0.717, 1.165) is 31.7 Å². The quantitative estimate of drug-likeness (QED) is 0.889. The van der Waals surface area contributed by atoms with Crippen LogP contribution in [0.25, 0.3) is 0 Å². The van der Waals surface area contributed by atoms with Crippen LogP contribution in [-0.4, -0.2) is 38.0 Å². The van der Waals surface area contributed by atoms with Gasteiger partial charge in [0, 0.05) is 18.8 Å². The van der Waals surface area contributed by atoms with Gasteiger partial charge in [-0.15, -0.1) is 24.8 Å². The van der Waals surface area contributed by atoms with Crippen LogP contribution in [-0.2, 0) is 11.3 Å². The third-order valence-corrected chi connectivity index (χ3v) is 3.60. The van der Waals surface area contributed by atoms with E-state index in [1.54, 1.807) is 0 Å². The highest BCUT2D eigenvalue weighted by Crippen LogP contribution is 2.26. The number of benzene rings is 1. The Hall–Kier alpha value is -0.810. The van der Waals surface area contributed by atoms with E-state index in [9.17, 15) is 4.79 Å². The molecule has 1 aromatic rings. The Balaban J connectivity index is 0.00000200. The van der Waals surface area contributed by atoms with Crippen LogP contribution in [0.5, 0.6) is 0 Å². The Morgan fingerprint density at radius 2 is 2.10 bits per heavy atom. The summed E-state index contributed by atoms with van der Waals surface area (Å²) in [5.74, 6) is 0.111. The van der Waals surface area contributed by atoms with Crippen LogP contribution in [0.1, 0.15) is 18.9 Å². The summed E-state index contributed by atoms with van der Waals surface area (Å²) < 4.78 is 0. The van der Waals surface area contributed by atoms with Crippen molar-refractivity contribution in [1.82, 2.24) is 10.2 Å². The number of rotatable bonds is 4. The molecule has 1 fully saturated rings. The van der Waals surface area contributed by atoms with Crippen molar-refractivity contribution in [3.63, 3.8) is 0 Å². The fourth-order valence-electron chi connectivity index (χ4n) is 2.41. The highest BCUT2D eigenvalue weighted by molar-refractivity contribution is 5.95. The first-order valence-electron chi connectivity index (χ1n) is 6.75. The maximum atomic E-state index is 12.3. The summed E-state index contributed by atoms with van der Waals surface area (Å²) in [6, 6.07) is 8.06. The molecule has 1 heterocycles. The number of anilines is 1. The van der Waals surface area contributed by atoms with Gasteiger partial charge in [0.1, 0.15) is 0 Å². The summed E-state index contributed by atoms with van der Waals surface area (Å²) in [6.45, 7) is 4.58. The maximum absolute atomic E-state index is 12.3. The second-order valence-corrected chi connectivity index (χ2v) is 5.88. The van der Waals surface area contributed by atoms with Crippen molar-refractivity contribution in [3.8, 4) is 0 Å². The lowest BCUT2D eigenvalue weighted by Gasteiger charge is -2.21. The Morgan fingerprint density at radius 1 is 1.38 bits per heavy atom. The first-order valence-corrected chi connectivity index (χ1v) is 6.75. The molecule has 1 aliphatic heterocycles. The smallest absolute Gasteiger partial charge is 0.231 e. The van der Waals surface area contributed by atoms with Crippen molar-refractivity contribution in [2.24, 2.45) is 5.41 Å². The van der Waals surface area contributed by atoms with Crippen molar-refractivity contribution in [3.05, 3.63) is 29.8 Å². The van der Waals surface area contributed by atoms with Crippen LogP contribution < -0.4 is 10.6 Å². The molecular weight excluding hydrogens is 309 g/mol. The van der Waals surface area contributed by atoms with E-state index in [1.165, 1.54) is 5.56 Å². The topological polar surface area (TPSA) is 44.4 Å². The lowest BCUT2D eigenvalue weighted by Crippen LogP contribution is -2.35. The minimum Gasteiger partial charge on any atom is -0.326 e. The predicted molar refractivity (Wildman–Crippen MR) is 92.6 cm³/mol. The van der Waals surface area contributed by atoms with Crippen LogP contribution in [0.3, 0.4) is 0 Å². The number of carbonyl (C=O) groups excluding carboxylic acids is 1. The zero-order chi connectivity index (χ0) is 13.9. The van der Waals surface area contributed by atoms with E-state index in [1.807, 2.05) is 39.2 Å². The van der Waals surface area contributed by atoms with Crippen LogP contribution in [0, 0.1) is 5.41 Å². The molecule has 1 unspecified atom stereocenters. The molecule has 120 valence electrons. The number of nitrogens with one attached hydrogen (secondary N) is 2. The van der Waals surface area contributed by atoms with Gasteiger partial charge in [0.05, 0.1) is 5.41 Å². The van der Waals surface area contributed by atoms with Crippen molar-refractivity contribution in [1.29, 1.82) is 0 Å². The Morgan fingerprint density at radius 3 is 2.67 bits per heavy atom. The van der Waals surface area contributed by atoms with Crippen LogP contribution in [0.4, 0.5) is 5.69 Å². The molecule has 0 saturated carbocycles. The molecule has 1 atom stereocenters. The molecule has 21 heavy (non-hydrogen) atoms. The van der Waals surface area contributed by atoms with E-state index in [2.05, 4.69) is 21.6 Å². The first kappa shape index (κ1) is 20.2. The molecule has 0 aromatic heterocycles. The normalized spacial score (nSPS) is 20.6. The molecule has 1 saturated heterocycles. The standard InChI is InChI=1S/C15H23N3O.2ClH/c1-15(7-8-16-11-15)14(19)17-13-6-4-5-12(9-13)10-18(2)3;;/h4-6,9,16H,7-8,10-11H2,1-3H3,(H,17,19);2*1H. The monoisotopic (exact) mass is 333 g/mol. The van der Waals surface area contributed by atoms with Crippen LogP contribution in [0.15, 0.2) is 24.3 Å². The van der Waals surface area contributed by atoms with E-state index in [4.69, 9.17) is 0 Å². The molecular formula is C15H25Cl2N3O. The Bertz CT molecular complexity index is 460. The lowest BCUT2D eigenvalue weighted by atomic mass is 9.88. The summed E-state index contributed by atoms with van der Waals surface area (Å²) >= 11 is 0.